The first-order chi connectivity index (χ1) is 17.1. The van der Waals surface area contributed by atoms with Crippen molar-refractivity contribution in [2.45, 2.75) is 57.3 Å². The molecule has 2 aromatic rings. The molecule has 0 aliphatic carbocycles. The van der Waals surface area contributed by atoms with Crippen molar-refractivity contribution in [3.05, 3.63) is 52.5 Å². The standard InChI is InChI=1S/C26H33ClN2O6S/c1-16(2)25(19-7-9-22-23(12-19)34-11-5-10-33-22)28-26(30)20-6-8-21(27)24(13-20)36(31,32)29-14-17(3)35-18(4)15-29/h6-9,12-13,16-18,25H,5,10-11,14-15H2,1-4H3,(H,28,30). The molecule has 1 N–H and O–H groups in total. The number of fused-ring (bicyclic) bond motifs is 1. The van der Waals surface area contributed by atoms with Crippen molar-refractivity contribution in [1.82, 2.24) is 9.62 Å². The lowest BCUT2D eigenvalue weighted by Crippen LogP contribution is -2.48. The smallest absolute Gasteiger partial charge is 0.251 e. The monoisotopic (exact) mass is 536 g/mol. The van der Waals surface area contributed by atoms with Crippen LogP contribution in [0.4, 0.5) is 0 Å². The fraction of sp³-hybridized carbons (Fsp3) is 0.500. The number of hydrogen-bond acceptors (Lipinski definition) is 6. The largest absolute Gasteiger partial charge is 0.490 e. The first-order valence-electron chi connectivity index (χ1n) is 12.2. The van der Waals surface area contributed by atoms with Crippen LogP contribution < -0.4 is 14.8 Å². The number of carbonyl (C=O) groups is 1. The topological polar surface area (TPSA) is 94.2 Å². The van der Waals surface area contributed by atoms with Crippen LogP contribution >= 0.6 is 11.6 Å². The molecule has 196 valence electrons. The molecule has 0 aromatic heterocycles. The summed E-state index contributed by atoms with van der Waals surface area (Å²) < 4.78 is 45.4. The van der Waals surface area contributed by atoms with E-state index in [9.17, 15) is 13.2 Å². The van der Waals surface area contributed by atoms with Crippen LogP contribution in [-0.2, 0) is 14.8 Å². The Hall–Kier alpha value is -2.33. The van der Waals surface area contributed by atoms with Crippen LogP contribution in [0.2, 0.25) is 5.02 Å². The Balaban J connectivity index is 1.59. The number of nitrogens with zero attached hydrogens (tertiary/aromatic N) is 1. The Bertz CT molecular complexity index is 1210. The first kappa shape index (κ1) is 26.7. The molecule has 8 nitrogen and oxygen atoms in total. The van der Waals surface area contributed by atoms with Gasteiger partial charge < -0.3 is 19.5 Å². The maximum Gasteiger partial charge on any atom is 0.251 e. The van der Waals surface area contributed by atoms with E-state index in [0.29, 0.717) is 24.7 Å². The van der Waals surface area contributed by atoms with E-state index in [0.717, 1.165) is 12.0 Å². The second-order valence-electron chi connectivity index (χ2n) is 9.68. The number of morpholine rings is 1. The molecule has 1 amide bonds. The van der Waals surface area contributed by atoms with Gasteiger partial charge in [-0.25, -0.2) is 8.42 Å². The van der Waals surface area contributed by atoms with Gasteiger partial charge in [-0.3, -0.25) is 4.79 Å². The summed E-state index contributed by atoms with van der Waals surface area (Å²) >= 11 is 6.32. The highest BCUT2D eigenvalue weighted by molar-refractivity contribution is 7.89. The van der Waals surface area contributed by atoms with Crippen LogP contribution in [0.25, 0.3) is 0 Å². The van der Waals surface area contributed by atoms with Crippen molar-refractivity contribution in [2.24, 2.45) is 5.92 Å². The predicted molar refractivity (Wildman–Crippen MR) is 137 cm³/mol. The van der Waals surface area contributed by atoms with E-state index in [4.69, 9.17) is 25.8 Å². The van der Waals surface area contributed by atoms with Gasteiger partial charge in [0.2, 0.25) is 10.0 Å². The maximum atomic E-state index is 13.4. The van der Waals surface area contributed by atoms with Gasteiger partial charge in [-0.1, -0.05) is 31.5 Å². The summed E-state index contributed by atoms with van der Waals surface area (Å²) in [5.41, 5.74) is 1.09. The van der Waals surface area contributed by atoms with Gasteiger partial charge in [0.25, 0.3) is 5.91 Å². The summed E-state index contributed by atoms with van der Waals surface area (Å²) in [5.74, 6) is 1.01. The summed E-state index contributed by atoms with van der Waals surface area (Å²) in [5, 5.41) is 3.13. The molecular formula is C26H33ClN2O6S. The summed E-state index contributed by atoms with van der Waals surface area (Å²) in [6, 6.07) is 9.67. The Morgan fingerprint density at radius 2 is 1.69 bits per heavy atom. The van der Waals surface area contributed by atoms with Crippen LogP contribution in [0.1, 0.15) is 56.1 Å². The summed E-state index contributed by atoms with van der Waals surface area (Å²) in [4.78, 5) is 13.2. The molecule has 1 fully saturated rings. The molecule has 0 bridgehead atoms. The van der Waals surface area contributed by atoms with Crippen LogP contribution in [0, 0.1) is 5.92 Å². The van der Waals surface area contributed by atoms with Crippen LogP contribution in [0.3, 0.4) is 0 Å². The Morgan fingerprint density at radius 3 is 2.36 bits per heavy atom. The molecule has 2 aromatic carbocycles. The molecule has 0 saturated carbocycles. The van der Waals surface area contributed by atoms with Crippen LogP contribution in [0.5, 0.6) is 11.5 Å². The number of sulfonamides is 1. The van der Waals surface area contributed by atoms with Gasteiger partial charge in [0.05, 0.1) is 36.5 Å². The van der Waals surface area contributed by atoms with E-state index in [1.165, 1.54) is 22.5 Å². The number of benzene rings is 2. The fourth-order valence-corrected chi connectivity index (χ4v) is 6.63. The zero-order chi connectivity index (χ0) is 26.0. The second kappa shape index (κ2) is 11.0. The molecule has 3 atom stereocenters. The first-order valence-corrected chi connectivity index (χ1v) is 14.0. The number of carbonyl (C=O) groups excluding carboxylic acids is 1. The van der Waals surface area contributed by atoms with Crippen molar-refractivity contribution >= 4 is 27.5 Å². The minimum Gasteiger partial charge on any atom is -0.490 e. The highest BCUT2D eigenvalue weighted by atomic mass is 35.5. The minimum absolute atomic E-state index is 0.0607. The van der Waals surface area contributed by atoms with Crippen LogP contribution in [0.15, 0.2) is 41.3 Å². The van der Waals surface area contributed by atoms with Crippen molar-refractivity contribution in [3.8, 4) is 11.5 Å². The van der Waals surface area contributed by atoms with Gasteiger partial charge >= 0.3 is 0 Å². The molecule has 3 unspecified atom stereocenters. The van der Waals surface area contributed by atoms with Gasteiger partial charge in [0.1, 0.15) is 4.90 Å². The zero-order valence-electron chi connectivity index (χ0n) is 21.0. The second-order valence-corrected chi connectivity index (χ2v) is 12.0. The summed E-state index contributed by atoms with van der Waals surface area (Å²) in [6.45, 7) is 9.28. The number of ether oxygens (including phenoxy) is 3. The van der Waals surface area contributed by atoms with Crippen molar-refractivity contribution in [1.29, 1.82) is 0 Å². The molecule has 10 heteroatoms. The van der Waals surface area contributed by atoms with E-state index < -0.39 is 15.9 Å². The van der Waals surface area contributed by atoms with Crippen molar-refractivity contribution in [3.63, 3.8) is 0 Å². The van der Waals surface area contributed by atoms with E-state index in [-0.39, 0.29) is 52.7 Å². The summed E-state index contributed by atoms with van der Waals surface area (Å²) in [7, 11) is -3.91. The third-order valence-corrected chi connectivity index (χ3v) is 8.59. The highest BCUT2D eigenvalue weighted by Crippen LogP contribution is 2.34. The minimum atomic E-state index is -3.91. The molecule has 2 aliphatic rings. The quantitative estimate of drug-likeness (QED) is 0.587. The molecule has 0 radical (unpaired) electrons. The molecule has 4 rings (SSSR count). The number of amides is 1. The maximum absolute atomic E-state index is 13.4. The van der Waals surface area contributed by atoms with E-state index in [1.807, 2.05) is 45.9 Å². The molecule has 2 heterocycles. The van der Waals surface area contributed by atoms with Gasteiger partial charge in [0, 0.05) is 25.1 Å². The zero-order valence-corrected chi connectivity index (χ0v) is 22.6. The Kier molecular flexibility index (Phi) is 8.14. The SMILES string of the molecule is CC1CN(S(=O)(=O)c2cc(C(=O)NC(c3ccc4c(c3)OCCCO4)C(C)C)ccc2Cl)CC(C)O1. The molecule has 36 heavy (non-hydrogen) atoms. The lowest BCUT2D eigenvalue weighted by atomic mass is 9.95. The van der Waals surface area contributed by atoms with Crippen molar-refractivity contribution in [2.75, 3.05) is 26.3 Å². The molecule has 0 spiro atoms. The van der Waals surface area contributed by atoms with E-state index >= 15 is 0 Å². The number of nitrogens with one attached hydrogen (secondary N) is 1. The average Bonchev–Trinajstić information content (AvgIpc) is 3.06. The van der Waals surface area contributed by atoms with E-state index in [1.54, 1.807) is 0 Å². The van der Waals surface area contributed by atoms with Gasteiger partial charge in [-0.05, 0) is 55.7 Å². The van der Waals surface area contributed by atoms with Gasteiger partial charge in [-0.15, -0.1) is 0 Å². The Labute approximate surface area is 217 Å². The normalized spacial score (nSPS) is 21.6. The molecular weight excluding hydrogens is 504 g/mol. The molecule has 1 saturated heterocycles. The third kappa shape index (κ3) is 5.80. The molecule has 2 aliphatic heterocycles. The predicted octanol–water partition coefficient (Wildman–Crippen LogP) is 4.43. The fourth-order valence-electron chi connectivity index (χ4n) is 4.54. The third-order valence-electron chi connectivity index (χ3n) is 6.28. The lowest BCUT2D eigenvalue weighted by molar-refractivity contribution is -0.0440. The Morgan fingerprint density at radius 1 is 1.03 bits per heavy atom. The van der Waals surface area contributed by atoms with Crippen LogP contribution in [-0.4, -0.2) is 57.1 Å². The lowest BCUT2D eigenvalue weighted by Gasteiger charge is -2.34. The van der Waals surface area contributed by atoms with Crippen molar-refractivity contribution < 1.29 is 27.4 Å². The van der Waals surface area contributed by atoms with E-state index in [2.05, 4.69) is 5.32 Å². The highest BCUT2D eigenvalue weighted by Gasteiger charge is 2.34. The number of rotatable bonds is 6. The van der Waals surface area contributed by atoms with Gasteiger partial charge in [-0.2, -0.15) is 4.31 Å². The number of hydrogen-bond donors (Lipinski definition) is 1. The van der Waals surface area contributed by atoms with Gasteiger partial charge in [0.15, 0.2) is 11.5 Å². The summed E-state index contributed by atoms with van der Waals surface area (Å²) in [6.07, 6.45) is 0.324. The average molecular weight is 537 g/mol. The number of halogens is 1.